The normalized spacial score (nSPS) is 20.4. The van der Waals surface area contributed by atoms with Gasteiger partial charge in [0.2, 0.25) is 0 Å². The molecular weight excluding hydrogens is 360 g/mol. The molecule has 1 amide bonds. The highest BCUT2D eigenvalue weighted by Crippen LogP contribution is 2.25. The van der Waals surface area contributed by atoms with Crippen molar-refractivity contribution in [3.63, 3.8) is 0 Å². The fourth-order valence-corrected chi connectivity index (χ4v) is 5.00. The molecule has 1 aliphatic heterocycles. The van der Waals surface area contributed by atoms with Gasteiger partial charge in [-0.2, -0.15) is 0 Å². The Morgan fingerprint density at radius 3 is 2.59 bits per heavy atom. The zero-order valence-corrected chi connectivity index (χ0v) is 16.4. The summed E-state index contributed by atoms with van der Waals surface area (Å²) in [6.45, 7) is 3.24. The van der Waals surface area contributed by atoms with E-state index in [2.05, 4.69) is 6.92 Å². The van der Waals surface area contributed by atoms with Gasteiger partial charge in [0.25, 0.3) is 5.91 Å². The van der Waals surface area contributed by atoms with E-state index in [0.29, 0.717) is 24.6 Å². The second kappa shape index (κ2) is 8.23. The summed E-state index contributed by atoms with van der Waals surface area (Å²) in [5.74, 6) is 0.312. The van der Waals surface area contributed by atoms with Gasteiger partial charge < -0.3 is 10.6 Å². The molecule has 2 atom stereocenters. The van der Waals surface area contributed by atoms with Crippen LogP contribution in [0.3, 0.4) is 0 Å². The van der Waals surface area contributed by atoms with Gasteiger partial charge in [0.1, 0.15) is 0 Å². The molecule has 0 aromatic heterocycles. The van der Waals surface area contributed by atoms with E-state index in [1.54, 1.807) is 35.2 Å². The molecule has 1 saturated heterocycles. The minimum Gasteiger partial charge on any atom is -0.334 e. The van der Waals surface area contributed by atoms with Crippen molar-refractivity contribution >= 4 is 15.7 Å². The highest BCUT2D eigenvalue weighted by molar-refractivity contribution is 7.90. The zero-order valence-electron chi connectivity index (χ0n) is 15.5. The minimum atomic E-state index is -3.52. The summed E-state index contributed by atoms with van der Waals surface area (Å²) >= 11 is 0. The first-order valence-electron chi connectivity index (χ1n) is 9.28. The molecule has 1 heterocycles. The Morgan fingerprint density at radius 2 is 1.89 bits per heavy atom. The fraction of sp³-hybridized carbons (Fsp3) is 0.381. The van der Waals surface area contributed by atoms with Gasteiger partial charge in [0.15, 0.2) is 9.84 Å². The third kappa shape index (κ3) is 4.57. The van der Waals surface area contributed by atoms with Crippen LogP contribution in [-0.4, -0.2) is 38.4 Å². The molecule has 0 aliphatic carbocycles. The molecule has 2 unspecified atom stereocenters. The van der Waals surface area contributed by atoms with E-state index in [0.717, 1.165) is 18.4 Å². The van der Waals surface area contributed by atoms with Gasteiger partial charge in [-0.25, -0.2) is 8.42 Å². The SMILES string of the molecule is CC1CCN(C(=O)c2cccc(S(=O)(=O)Cc3ccccc3)c2)C(CN)C1. The van der Waals surface area contributed by atoms with Crippen molar-refractivity contribution in [1.82, 2.24) is 4.90 Å². The van der Waals surface area contributed by atoms with Crippen LogP contribution in [0.15, 0.2) is 59.5 Å². The summed E-state index contributed by atoms with van der Waals surface area (Å²) in [6.07, 6.45) is 1.82. The van der Waals surface area contributed by atoms with Crippen LogP contribution >= 0.6 is 0 Å². The highest BCUT2D eigenvalue weighted by Gasteiger charge is 2.30. The maximum atomic E-state index is 13.0. The van der Waals surface area contributed by atoms with Gasteiger partial charge in [-0.1, -0.05) is 43.3 Å². The third-order valence-corrected chi connectivity index (χ3v) is 6.84. The highest BCUT2D eigenvalue weighted by atomic mass is 32.2. The van der Waals surface area contributed by atoms with Crippen LogP contribution in [-0.2, 0) is 15.6 Å². The second-order valence-corrected chi connectivity index (χ2v) is 9.28. The summed E-state index contributed by atoms with van der Waals surface area (Å²) in [5.41, 5.74) is 6.99. The van der Waals surface area contributed by atoms with Crippen molar-refractivity contribution in [2.45, 2.75) is 36.5 Å². The van der Waals surface area contributed by atoms with E-state index in [9.17, 15) is 13.2 Å². The number of amides is 1. The number of nitrogens with zero attached hydrogens (tertiary/aromatic N) is 1. The molecule has 2 N–H and O–H groups in total. The molecule has 1 aliphatic rings. The lowest BCUT2D eigenvalue weighted by molar-refractivity contribution is 0.0573. The molecule has 2 aromatic rings. The largest absolute Gasteiger partial charge is 0.334 e. The number of likely N-dealkylation sites (tertiary alicyclic amines) is 1. The molecule has 1 fully saturated rings. The van der Waals surface area contributed by atoms with Crippen LogP contribution in [0, 0.1) is 5.92 Å². The summed E-state index contributed by atoms with van der Waals surface area (Å²) in [7, 11) is -3.52. The monoisotopic (exact) mass is 386 g/mol. The topological polar surface area (TPSA) is 80.5 Å². The summed E-state index contributed by atoms with van der Waals surface area (Å²) in [6, 6.07) is 15.4. The molecule has 0 bridgehead atoms. The molecular formula is C21H26N2O3S. The van der Waals surface area contributed by atoms with E-state index in [4.69, 9.17) is 5.73 Å². The molecule has 0 saturated carbocycles. The molecule has 5 nitrogen and oxygen atoms in total. The fourth-order valence-electron chi connectivity index (χ4n) is 3.61. The minimum absolute atomic E-state index is 0.00540. The zero-order chi connectivity index (χ0) is 19.4. The predicted octanol–water partition coefficient (Wildman–Crippen LogP) is 2.86. The summed E-state index contributed by atoms with van der Waals surface area (Å²) in [5, 5.41) is 0. The molecule has 6 heteroatoms. The Kier molecular flexibility index (Phi) is 5.97. The number of piperidine rings is 1. The third-order valence-electron chi connectivity index (χ3n) is 5.15. The van der Waals surface area contributed by atoms with Crippen LogP contribution in [0.2, 0.25) is 0 Å². The van der Waals surface area contributed by atoms with Crippen molar-refractivity contribution in [3.8, 4) is 0 Å². The van der Waals surface area contributed by atoms with E-state index in [1.165, 1.54) is 6.07 Å². The number of sulfone groups is 1. The summed E-state index contributed by atoms with van der Waals surface area (Å²) < 4.78 is 25.5. The Balaban J connectivity index is 1.83. The molecule has 3 rings (SSSR count). The maximum absolute atomic E-state index is 13.0. The summed E-state index contributed by atoms with van der Waals surface area (Å²) in [4.78, 5) is 15.0. The average Bonchev–Trinajstić information content (AvgIpc) is 2.68. The van der Waals surface area contributed by atoms with Gasteiger partial charge in [0.05, 0.1) is 10.6 Å². The maximum Gasteiger partial charge on any atom is 0.254 e. The molecule has 2 aromatic carbocycles. The quantitative estimate of drug-likeness (QED) is 0.857. The van der Waals surface area contributed by atoms with Gasteiger partial charge in [0, 0.05) is 24.7 Å². The lowest BCUT2D eigenvalue weighted by Gasteiger charge is -2.38. The van der Waals surface area contributed by atoms with Gasteiger partial charge in [-0.3, -0.25) is 4.79 Å². The number of hydrogen-bond acceptors (Lipinski definition) is 4. The predicted molar refractivity (Wildman–Crippen MR) is 106 cm³/mol. The number of rotatable bonds is 5. The molecule has 144 valence electrons. The van der Waals surface area contributed by atoms with E-state index in [1.807, 2.05) is 18.2 Å². The number of carbonyl (C=O) groups is 1. The van der Waals surface area contributed by atoms with Crippen LogP contribution in [0.4, 0.5) is 0 Å². The van der Waals surface area contributed by atoms with Crippen molar-refractivity contribution in [1.29, 1.82) is 0 Å². The standard InChI is InChI=1S/C21H26N2O3S/c1-16-10-11-23(19(12-16)14-22)21(24)18-8-5-9-20(13-18)27(25,26)15-17-6-3-2-4-7-17/h2-9,13,16,19H,10-12,14-15,22H2,1H3. The van der Waals surface area contributed by atoms with Crippen LogP contribution in [0.1, 0.15) is 35.7 Å². The number of nitrogens with two attached hydrogens (primary N) is 1. The molecule has 0 spiro atoms. The number of hydrogen-bond donors (Lipinski definition) is 1. The Labute approximate surface area is 161 Å². The number of benzene rings is 2. The number of carbonyl (C=O) groups excluding carboxylic acids is 1. The lowest BCUT2D eigenvalue weighted by Crippen LogP contribution is -2.49. The van der Waals surface area contributed by atoms with E-state index >= 15 is 0 Å². The Bertz CT molecular complexity index is 897. The Hall–Kier alpha value is -2.18. The second-order valence-electron chi connectivity index (χ2n) is 7.29. The average molecular weight is 387 g/mol. The van der Waals surface area contributed by atoms with Crippen molar-refractivity contribution in [2.75, 3.05) is 13.1 Å². The van der Waals surface area contributed by atoms with Gasteiger partial charge in [-0.05, 0) is 42.5 Å². The van der Waals surface area contributed by atoms with E-state index < -0.39 is 9.84 Å². The van der Waals surface area contributed by atoms with Crippen LogP contribution < -0.4 is 5.73 Å². The first-order valence-corrected chi connectivity index (χ1v) is 10.9. The smallest absolute Gasteiger partial charge is 0.254 e. The van der Waals surface area contributed by atoms with Crippen LogP contribution in [0.25, 0.3) is 0 Å². The first kappa shape index (κ1) is 19.6. The van der Waals surface area contributed by atoms with Crippen molar-refractivity contribution in [3.05, 3.63) is 65.7 Å². The molecule has 0 radical (unpaired) electrons. The van der Waals surface area contributed by atoms with Crippen molar-refractivity contribution < 1.29 is 13.2 Å². The first-order chi connectivity index (χ1) is 12.9. The Morgan fingerprint density at radius 1 is 1.15 bits per heavy atom. The van der Waals surface area contributed by atoms with Crippen molar-refractivity contribution in [2.24, 2.45) is 11.7 Å². The molecule has 27 heavy (non-hydrogen) atoms. The van der Waals surface area contributed by atoms with E-state index in [-0.39, 0.29) is 22.6 Å². The lowest BCUT2D eigenvalue weighted by atomic mass is 9.92. The van der Waals surface area contributed by atoms with Crippen LogP contribution in [0.5, 0.6) is 0 Å². The van der Waals surface area contributed by atoms with Gasteiger partial charge >= 0.3 is 0 Å². The van der Waals surface area contributed by atoms with Gasteiger partial charge in [-0.15, -0.1) is 0 Å².